The highest BCUT2D eigenvalue weighted by Crippen LogP contribution is 2.29. The van der Waals surface area contributed by atoms with Crippen LogP contribution < -0.4 is 0 Å². The zero-order valence-electron chi connectivity index (χ0n) is 16.1. The average Bonchev–Trinajstić information content (AvgIpc) is 2.57. The van der Waals surface area contributed by atoms with Gasteiger partial charge in [0.2, 0.25) is 0 Å². The van der Waals surface area contributed by atoms with Crippen LogP contribution in [0.4, 0.5) is 0 Å². The molecule has 1 aromatic rings. The van der Waals surface area contributed by atoms with Crippen LogP contribution in [0.3, 0.4) is 0 Å². The van der Waals surface area contributed by atoms with Crippen LogP contribution >= 0.6 is 0 Å². The van der Waals surface area contributed by atoms with Gasteiger partial charge >= 0.3 is 0 Å². The summed E-state index contributed by atoms with van der Waals surface area (Å²) < 4.78 is 0. The predicted molar refractivity (Wildman–Crippen MR) is 105 cm³/mol. The Kier molecular flexibility index (Phi) is 12.0. The second-order valence-corrected chi connectivity index (χ2v) is 7.37. The minimum atomic E-state index is 0.795. The first-order valence-electron chi connectivity index (χ1n) is 10.3. The molecule has 1 aromatic carbocycles. The number of aryl methyl sites for hydroxylation is 1. The van der Waals surface area contributed by atoms with Crippen LogP contribution in [0.15, 0.2) is 24.3 Å². The Morgan fingerprint density at radius 1 is 0.609 bits per heavy atom. The van der Waals surface area contributed by atoms with Crippen molar-refractivity contribution < 1.29 is 0 Å². The molecule has 1 unspecified atom stereocenters. The minimum absolute atomic E-state index is 0.795. The zero-order valence-corrected chi connectivity index (χ0v) is 16.1. The molecule has 0 saturated carbocycles. The van der Waals surface area contributed by atoms with Gasteiger partial charge in [-0.05, 0) is 31.2 Å². The third kappa shape index (κ3) is 9.84. The summed E-state index contributed by atoms with van der Waals surface area (Å²) >= 11 is 0. The molecular weight excluding hydrogens is 276 g/mol. The highest BCUT2D eigenvalue weighted by molar-refractivity contribution is 5.24. The first-order chi connectivity index (χ1) is 11.3. The second kappa shape index (κ2) is 13.6. The maximum Gasteiger partial charge on any atom is -0.0162 e. The smallest absolute Gasteiger partial charge is 0.0162 e. The van der Waals surface area contributed by atoms with E-state index in [0.29, 0.717) is 0 Å². The lowest BCUT2D eigenvalue weighted by Gasteiger charge is -2.18. The Labute approximate surface area is 146 Å². The van der Waals surface area contributed by atoms with Crippen LogP contribution in [-0.2, 0) is 0 Å². The molecule has 0 saturated heterocycles. The average molecular weight is 317 g/mol. The summed E-state index contributed by atoms with van der Waals surface area (Å²) in [5.41, 5.74) is 2.97. The topological polar surface area (TPSA) is 0 Å². The van der Waals surface area contributed by atoms with E-state index in [2.05, 4.69) is 45.0 Å². The van der Waals surface area contributed by atoms with Gasteiger partial charge in [-0.3, -0.25) is 0 Å². The van der Waals surface area contributed by atoms with E-state index in [4.69, 9.17) is 0 Å². The van der Waals surface area contributed by atoms with Gasteiger partial charge in [0.25, 0.3) is 0 Å². The van der Waals surface area contributed by atoms with Crippen molar-refractivity contribution >= 4 is 0 Å². The molecule has 1 atom stereocenters. The fraction of sp³-hybridized carbons (Fsp3) is 0.739. The molecule has 0 amide bonds. The van der Waals surface area contributed by atoms with E-state index in [1.807, 2.05) is 0 Å². The third-order valence-corrected chi connectivity index (χ3v) is 5.11. The highest BCUT2D eigenvalue weighted by Gasteiger charge is 2.11. The number of hydrogen-bond acceptors (Lipinski definition) is 0. The van der Waals surface area contributed by atoms with Crippen LogP contribution in [0.1, 0.15) is 114 Å². The van der Waals surface area contributed by atoms with Gasteiger partial charge < -0.3 is 0 Å². The molecule has 23 heavy (non-hydrogen) atoms. The monoisotopic (exact) mass is 316 g/mol. The maximum atomic E-state index is 2.38. The summed E-state index contributed by atoms with van der Waals surface area (Å²) in [5, 5.41) is 0. The van der Waals surface area contributed by atoms with Crippen molar-refractivity contribution in [1.82, 2.24) is 0 Å². The van der Waals surface area contributed by atoms with Crippen LogP contribution in [0, 0.1) is 6.92 Å². The molecule has 0 spiro atoms. The maximum absolute atomic E-state index is 2.38. The molecule has 0 N–H and O–H groups in total. The van der Waals surface area contributed by atoms with Crippen molar-refractivity contribution in [2.24, 2.45) is 0 Å². The summed E-state index contributed by atoms with van der Waals surface area (Å²) in [5.74, 6) is 0.795. The number of hydrogen-bond donors (Lipinski definition) is 0. The van der Waals surface area contributed by atoms with E-state index in [0.717, 1.165) is 5.92 Å². The summed E-state index contributed by atoms with van der Waals surface area (Å²) in [6.07, 6.45) is 18.3. The molecule has 0 aliphatic rings. The molecule has 1 rings (SSSR count). The van der Waals surface area contributed by atoms with Crippen LogP contribution in [0.25, 0.3) is 0 Å². The molecule has 0 heterocycles. The lowest BCUT2D eigenvalue weighted by Crippen LogP contribution is -2.00. The molecule has 0 fully saturated rings. The third-order valence-electron chi connectivity index (χ3n) is 5.11. The van der Waals surface area contributed by atoms with E-state index < -0.39 is 0 Å². The fourth-order valence-electron chi connectivity index (χ4n) is 3.48. The van der Waals surface area contributed by atoms with Gasteiger partial charge in [0, 0.05) is 0 Å². The SMILES string of the molecule is CCCCCCCCCC(CCCCCC)c1ccc(C)cc1. The van der Waals surface area contributed by atoms with Crippen molar-refractivity contribution in [2.75, 3.05) is 0 Å². The van der Waals surface area contributed by atoms with Gasteiger partial charge in [-0.25, -0.2) is 0 Å². The highest BCUT2D eigenvalue weighted by atomic mass is 14.2. The normalized spacial score (nSPS) is 12.5. The molecule has 0 nitrogen and oxygen atoms in total. The van der Waals surface area contributed by atoms with Crippen LogP contribution in [-0.4, -0.2) is 0 Å². The lowest BCUT2D eigenvalue weighted by atomic mass is 9.88. The number of rotatable bonds is 14. The predicted octanol–water partition coefficient (Wildman–Crippen LogP) is 8.19. The van der Waals surface area contributed by atoms with E-state index >= 15 is 0 Å². The van der Waals surface area contributed by atoms with Crippen LogP contribution in [0.5, 0.6) is 0 Å². The van der Waals surface area contributed by atoms with Gasteiger partial charge in [0.15, 0.2) is 0 Å². The van der Waals surface area contributed by atoms with Gasteiger partial charge in [-0.2, -0.15) is 0 Å². The van der Waals surface area contributed by atoms with Gasteiger partial charge in [-0.15, -0.1) is 0 Å². The Hall–Kier alpha value is -0.780. The van der Waals surface area contributed by atoms with Crippen molar-refractivity contribution in [3.8, 4) is 0 Å². The molecule has 0 aliphatic carbocycles. The molecule has 0 aliphatic heterocycles. The van der Waals surface area contributed by atoms with E-state index in [1.165, 1.54) is 89.0 Å². The molecule has 0 radical (unpaired) electrons. The quantitative estimate of drug-likeness (QED) is 0.303. The summed E-state index contributed by atoms with van der Waals surface area (Å²) in [4.78, 5) is 0. The lowest BCUT2D eigenvalue weighted by molar-refractivity contribution is 0.489. The van der Waals surface area contributed by atoms with E-state index in [1.54, 1.807) is 5.56 Å². The number of unbranched alkanes of at least 4 members (excludes halogenated alkanes) is 9. The Morgan fingerprint density at radius 2 is 1.04 bits per heavy atom. The Balaban J connectivity index is 2.33. The Bertz CT molecular complexity index is 362. The number of benzene rings is 1. The first-order valence-corrected chi connectivity index (χ1v) is 10.3. The van der Waals surface area contributed by atoms with Crippen molar-refractivity contribution in [2.45, 2.75) is 110 Å². The zero-order chi connectivity index (χ0) is 16.8. The molecule has 132 valence electrons. The molecular formula is C23H40. The largest absolute Gasteiger partial charge is 0.0654 e. The van der Waals surface area contributed by atoms with Crippen molar-refractivity contribution in [1.29, 1.82) is 0 Å². The van der Waals surface area contributed by atoms with Gasteiger partial charge in [-0.1, -0.05) is 114 Å². The standard InChI is InChI=1S/C23H40/c1-4-6-8-10-11-12-14-16-22(15-13-9-7-5-2)23-19-17-21(3)18-20-23/h17-20,22H,4-16H2,1-3H3. The second-order valence-electron chi connectivity index (χ2n) is 7.37. The summed E-state index contributed by atoms with van der Waals surface area (Å²) in [6.45, 7) is 6.79. The first kappa shape index (κ1) is 20.3. The van der Waals surface area contributed by atoms with Crippen molar-refractivity contribution in [3.63, 3.8) is 0 Å². The molecule has 0 bridgehead atoms. The molecule has 0 heteroatoms. The van der Waals surface area contributed by atoms with Crippen molar-refractivity contribution in [3.05, 3.63) is 35.4 Å². The fourth-order valence-corrected chi connectivity index (χ4v) is 3.48. The van der Waals surface area contributed by atoms with E-state index in [9.17, 15) is 0 Å². The van der Waals surface area contributed by atoms with Crippen LogP contribution in [0.2, 0.25) is 0 Å². The van der Waals surface area contributed by atoms with E-state index in [-0.39, 0.29) is 0 Å². The molecule has 0 aromatic heterocycles. The Morgan fingerprint density at radius 3 is 1.57 bits per heavy atom. The minimum Gasteiger partial charge on any atom is -0.0654 e. The summed E-state index contributed by atoms with van der Waals surface area (Å²) in [6, 6.07) is 9.33. The van der Waals surface area contributed by atoms with Gasteiger partial charge in [0.05, 0.1) is 0 Å². The summed E-state index contributed by atoms with van der Waals surface area (Å²) in [7, 11) is 0. The van der Waals surface area contributed by atoms with Gasteiger partial charge in [0.1, 0.15) is 0 Å².